The van der Waals surface area contributed by atoms with Gasteiger partial charge in [-0.3, -0.25) is 4.79 Å². The Kier molecular flexibility index (Phi) is 5.69. The normalized spacial score (nSPS) is 15.9. The lowest BCUT2D eigenvalue weighted by molar-refractivity contribution is -0.126. The van der Waals surface area contributed by atoms with E-state index in [1.165, 1.54) is 19.3 Å². The summed E-state index contributed by atoms with van der Waals surface area (Å²) >= 11 is 0. The highest BCUT2D eigenvalue weighted by Crippen LogP contribution is 2.39. The highest BCUT2D eigenvalue weighted by molar-refractivity contribution is 5.96. The van der Waals surface area contributed by atoms with E-state index in [0.717, 1.165) is 27.8 Å². The molecule has 1 aromatic heterocycles. The molecule has 1 amide bonds. The fraction of sp³-hybridized carbons (Fsp3) is 0.320. The molecule has 176 valence electrons. The summed E-state index contributed by atoms with van der Waals surface area (Å²) in [5.74, 6) is -0.273. The van der Waals surface area contributed by atoms with E-state index < -0.39 is 5.82 Å². The van der Waals surface area contributed by atoms with Crippen LogP contribution in [0.25, 0.3) is 10.8 Å². The van der Waals surface area contributed by atoms with Crippen molar-refractivity contribution >= 4 is 28.2 Å². The molecule has 3 heterocycles. The third-order valence-electron chi connectivity index (χ3n) is 6.53. The topological polar surface area (TPSA) is 82.0 Å². The molecule has 2 aliphatic rings. The Labute approximate surface area is 196 Å². The highest BCUT2D eigenvalue weighted by Gasteiger charge is 2.30. The van der Waals surface area contributed by atoms with E-state index in [1.807, 2.05) is 29.2 Å². The number of phenols is 1. The molecule has 34 heavy (non-hydrogen) atoms. The van der Waals surface area contributed by atoms with E-state index in [0.29, 0.717) is 51.4 Å². The number of benzene rings is 2. The zero-order valence-corrected chi connectivity index (χ0v) is 19.0. The number of anilines is 2. The minimum Gasteiger partial charge on any atom is -0.505 e. The fourth-order valence-corrected chi connectivity index (χ4v) is 4.80. The van der Waals surface area contributed by atoms with Crippen LogP contribution in [0, 0.1) is 5.82 Å². The number of methoxy groups -OCH3 is 1. The van der Waals surface area contributed by atoms with Gasteiger partial charge in [0, 0.05) is 43.7 Å². The summed E-state index contributed by atoms with van der Waals surface area (Å²) in [5.41, 5.74) is 2.15. The van der Waals surface area contributed by atoms with Gasteiger partial charge in [0.25, 0.3) is 0 Å². The van der Waals surface area contributed by atoms with Crippen molar-refractivity contribution in [3.05, 3.63) is 60.1 Å². The Morgan fingerprint density at radius 3 is 2.65 bits per heavy atom. The van der Waals surface area contributed by atoms with Crippen LogP contribution >= 0.6 is 0 Å². The molecule has 0 unspecified atom stereocenters. The molecular formula is C25H26FN5O3. The number of rotatable bonds is 4. The SMILES string of the molecule is C=CC(=O)N1CCN(c2nc(OC)nc3c2CCN(c2c(F)c(O)cc4ccccc24)C3)CC1. The number of aromatic nitrogens is 2. The molecule has 1 N–H and O–H groups in total. The zero-order valence-electron chi connectivity index (χ0n) is 19.0. The van der Waals surface area contributed by atoms with Crippen molar-refractivity contribution in [2.45, 2.75) is 13.0 Å². The van der Waals surface area contributed by atoms with Crippen LogP contribution in [0.15, 0.2) is 43.0 Å². The van der Waals surface area contributed by atoms with Crippen LogP contribution in [0.4, 0.5) is 15.9 Å². The Hall–Kier alpha value is -3.88. The monoisotopic (exact) mass is 463 g/mol. The van der Waals surface area contributed by atoms with Crippen molar-refractivity contribution in [3.8, 4) is 11.8 Å². The summed E-state index contributed by atoms with van der Waals surface area (Å²) < 4.78 is 20.5. The average molecular weight is 464 g/mol. The van der Waals surface area contributed by atoms with Gasteiger partial charge in [-0.15, -0.1) is 0 Å². The van der Waals surface area contributed by atoms with E-state index >= 15 is 4.39 Å². The number of phenolic OH excluding ortho intramolecular Hbond substituents is 1. The maximum Gasteiger partial charge on any atom is 0.318 e. The van der Waals surface area contributed by atoms with Gasteiger partial charge in [-0.25, -0.2) is 4.39 Å². The lowest BCUT2D eigenvalue weighted by Gasteiger charge is -2.38. The van der Waals surface area contributed by atoms with Gasteiger partial charge in [-0.1, -0.05) is 30.8 Å². The van der Waals surface area contributed by atoms with Gasteiger partial charge >= 0.3 is 6.01 Å². The van der Waals surface area contributed by atoms with E-state index in [1.54, 1.807) is 4.90 Å². The highest BCUT2D eigenvalue weighted by atomic mass is 19.1. The van der Waals surface area contributed by atoms with Crippen LogP contribution in [-0.2, 0) is 17.8 Å². The Morgan fingerprint density at radius 2 is 1.91 bits per heavy atom. The summed E-state index contributed by atoms with van der Waals surface area (Å²) in [6.45, 7) is 6.92. The van der Waals surface area contributed by atoms with Crippen molar-refractivity contribution in [3.63, 3.8) is 0 Å². The lowest BCUT2D eigenvalue weighted by atomic mass is 10.0. The van der Waals surface area contributed by atoms with Crippen LogP contribution in [0.5, 0.6) is 11.8 Å². The molecule has 0 aliphatic carbocycles. The maximum atomic E-state index is 15.1. The van der Waals surface area contributed by atoms with Gasteiger partial charge in [-0.05, 0) is 23.9 Å². The molecule has 8 nitrogen and oxygen atoms in total. The molecule has 2 aromatic carbocycles. The Bertz CT molecular complexity index is 1270. The average Bonchev–Trinajstić information content (AvgIpc) is 2.88. The molecule has 0 radical (unpaired) electrons. The van der Waals surface area contributed by atoms with Crippen LogP contribution < -0.4 is 14.5 Å². The quantitative estimate of drug-likeness (QED) is 0.596. The largest absolute Gasteiger partial charge is 0.505 e. The predicted octanol–water partition coefficient (Wildman–Crippen LogP) is 2.88. The second kappa shape index (κ2) is 8.81. The summed E-state index contributed by atoms with van der Waals surface area (Å²) in [4.78, 5) is 27.0. The van der Waals surface area contributed by atoms with Crippen LogP contribution in [0.2, 0.25) is 0 Å². The second-order valence-corrected chi connectivity index (χ2v) is 8.43. The molecule has 3 aromatic rings. The zero-order chi connectivity index (χ0) is 23.8. The number of carbonyl (C=O) groups excluding carboxylic acids is 1. The molecule has 5 rings (SSSR count). The molecule has 0 spiro atoms. The lowest BCUT2D eigenvalue weighted by Crippen LogP contribution is -2.49. The van der Waals surface area contributed by atoms with Gasteiger partial charge in [0.2, 0.25) is 5.91 Å². The molecule has 9 heteroatoms. The van der Waals surface area contributed by atoms with Gasteiger partial charge < -0.3 is 24.5 Å². The number of piperazine rings is 1. The number of carbonyl (C=O) groups is 1. The fourth-order valence-electron chi connectivity index (χ4n) is 4.80. The predicted molar refractivity (Wildman–Crippen MR) is 128 cm³/mol. The molecular weight excluding hydrogens is 437 g/mol. The van der Waals surface area contributed by atoms with Crippen molar-refractivity contribution in [1.29, 1.82) is 0 Å². The van der Waals surface area contributed by atoms with Gasteiger partial charge in [0.05, 0.1) is 25.0 Å². The number of ether oxygens (including phenoxy) is 1. The standard InChI is InChI=1S/C25H26FN5O3/c1-3-21(33)29-10-12-30(13-11-29)24-18-8-9-31(15-19(18)27-25(28-24)34-2)23-17-7-5-4-6-16(17)14-20(32)22(23)26/h3-7,14,32H,1,8-13,15H2,2H3. The van der Waals surface area contributed by atoms with Crippen LogP contribution in [0.3, 0.4) is 0 Å². The van der Waals surface area contributed by atoms with Crippen molar-refractivity contribution in [2.75, 3.05) is 49.6 Å². The number of hydrogen-bond donors (Lipinski definition) is 1. The van der Waals surface area contributed by atoms with Crippen molar-refractivity contribution in [2.24, 2.45) is 0 Å². The molecule has 0 bridgehead atoms. The van der Waals surface area contributed by atoms with E-state index in [-0.39, 0.29) is 17.7 Å². The molecule has 1 fully saturated rings. The maximum absolute atomic E-state index is 15.1. The molecule has 2 aliphatic heterocycles. The number of aromatic hydroxyl groups is 1. The van der Waals surface area contributed by atoms with E-state index in [4.69, 9.17) is 4.74 Å². The number of fused-ring (bicyclic) bond motifs is 2. The van der Waals surface area contributed by atoms with E-state index in [9.17, 15) is 9.90 Å². The minimum atomic E-state index is -0.633. The van der Waals surface area contributed by atoms with Gasteiger partial charge in [-0.2, -0.15) is 9.97 Å². The van der Waals surface area contributed by atoms with Gasteiger partial charge in [0.15, 0.2) is 11.6 Å². The molecule has 0 atom stereocenters. The third kappa shape index (κ3) is 3.76. The number of halogens is 1. The first-order chi connectivity index (χ1) is 16.5. The molecule has 1 saturated heterocycles. The van der Waals surface area contributed by atoms with Crippen molar-refractivity contribution < 1.29 is 19.0 Å². The number of amides is 1. The first kappa shape index (κ1) is 21.9. The summed E-state index contributed by atoms with van der Waals surface area (Å²) in [6.07, 6.45) is 1.95. The molecule has 0 saturated carbocycles. The number of nitrogens with zero attached hydrogens (tertiary/aromatic N) is 5. The first-order valence-electron chi connectivity index (χ1n) is 11.3. The smallest absolute Gasteiger partial charge is 0.318 e. The summed E-state index contributed by atoms with van der Waals surface area (Å²) in [5, 5.41) is 11.7. The summed E-state index contributed by atoms with van der Waals surface area (Å²) in [6, 6.07) is 9.14. The Balaban J connectivity index is 1.49. The van der Waals surface area contributed by atoms with E-state index in [2.05, 4.69) is 21.4 Å². The third-order valence-corrected chi connectivity index (χ3v) is 6.53. The van der Waals surface area contributed by atoms with Crippen molar-refractivity contribution in [1.82, 2.24) is 14.9 Å². The van der Waals surface area contributed by atoms with Crippen LogP contribution in [0.1, 0.15) is 11.3 Å². The number of hydrogen-bond acceptors (Lipinski definition) is 7. The minimum absolute atomic E-state index is 0.0713. The first-order valence-corrected chi connectivity index (χ1v) is 11.3. The summed E-state index contributed by atoms with van der Waals surface area (Å²) in [7, 11) is 1.52. The van der Waals surface area contributed by atoms with Gasteiger partial charge in [0.1, 0.15) is 5.82 Å². The second-order valence-electron chi connectivity index (χ2n) is 8.43. The Morgan fingerprint density at radius 1 is 1.15 bits per heavy atom. The van der Waals surface area contributed by atoms with Crippen LogP contribution in [-0.4, -0.2) is 65.7 Å².